The number of benzene rings is 1. The van der Waals surface area contributed by atoms with Crippen LogP contribution in [0.5, 0.6) is 0 Å². The molecule has 1 aromatic heterocycles. The van der Waals surface area contributed by atoms with Gasteiger partial charge < -0.3 is 10.1 Å². The maximum Gasteiger partial charge on any atom is 0.338 e. The van der Waals surface area contributed by atoms with Crippen molar-refractivity contribution in [3.63, 3.8) is 0 Å². The molecule has 2 rings (SSSR count). The Labute approximate surface area is 174 Å². The number of carbonyl (C=O) groups excluding carboxylic acids is 2. The smallest absolute Gasteiger partial charge is 0.338 e. The van der Waals surface area contributed by atoms with Crippen molar-refractivity contribution in [2.24, 2.45) is 14.1 Å². The normalized spacial score (nSPS) is 11.8. The molecule has 0 aliphatic rings. The van der Waals surface area contributed by atoms with E-state index in [0.717, 1.165) is 21.3 Å². The van der Waals surface area contributed by atoms with Gasteiger partial charge in [-0.05, 0) is 38.2 Å². The number of aromatic nitrogens is 3. The molecule has 1 aromatic carbocycles. The van der Waals surface area contributed by atoms with Crippen molar-refractivity contribution < 1.29 is 18.7 Å². The molecule has 0 fully saturated rings. The van der Waals surface area contributed by atoms with Gasteiger partial charge in [0.15, 0.2) is 4.77 Å². The van der Waals surface area contributed by atoms with Crippen LogP contribution in [0.2, 0.25) is 5.02 Å². The van der Waals surface area contributed by atoms with Gasteiger partial charge in [-0.25, -0.2) is 23.3 Å². The zero-order chi connectivity index (χ0) is 22.0. The van der Waals surface area contributed by atoms with E-state index < -0.39 is 40.8 Å². The van der Waals surface area contributed by atoms with E-state index in [1.165, 1.54) is 21.0 Å². The van der Waals surface area contributed by atoms with Crippen LogP contribution in [0.1, 0.15) is 24.2 Å². The molecule has 1 atom stereocenters. The highest BCUT2D eigenvalue weighted by molar-refractivity contribution is 7.71. The minimum Gasteiger partial charge on any atom is -0.464 e. The van der Waals surface area contributed by atoms with Gasteiger partial charge in [-0.2, -0.15) is 0 Å². The van der Waals surface area contributed by atoms with Crippen LogP contribution in [0, 0.1) is 10.6 Å². The Morgan fingerprint density at radius 1 is 1.24 bits per heavy atom. The Hall–Kier alpha value is -2.79. The van der Waals surface area contributed by atoms with Crippen LogP contribution >= 0.6 is 23.8 Å². The zero-order valence-electron chi connectivity index (χ0n) is 16.0. The van der Waals surface area contributed by atoms with Gasteiger partial charge in [0.25, 0.3) is 5.91 Å². The summed E-state index contributed by atoms with van der Waals surface area (Å²) in [5.74, 6) is -2.48. The molecule has 0 spiro atoms. The molecular weight excluding hydrogens is 427 g/mol. The summed E-state index contributed by atoms with van der Waals surface area (Å²) in [5, 5.41) is 2.10. The number of hydrogen-bond acceptors (Lipinski definition) is 6. The van der Waals surface area contributed by atoms with Crippen LogP contribution in [0.15, 0.2) is 21.7 Å². The highest BCUT2D eigenvalue weighted by Gasteiger charge is 2.23. The van der Waals surface area contributed by atoms with Crippen LogP contribution in [0.3, 0.4) is 0 Å². The summed E-state index contributed by atoms with van der Waals surface area (Å²) in [4.78, 5) is 49.2. The first-order chi connectivity index (χ1) is 13.5. The molecule has 0 aliphatic heterocycles. The van der Waals surface area contributed by atoms with Gasteiger partial charge in [-0.1, -0.05) is 11.6 Å². The van der Waals surface area contributed by atoms with Crippen molar-refractivity contribution in [2.75, 3.05) is 6.61 Å². The summed E-state index contributed by atoms with van der Waals surface area (Å²) in [6, 6.07) is 0.755. The number of hydrogen-bond donors (Lipinski definition) is 1. The molecule has 0 bridgehead atoms. The van der Waals surface area contributed by atoms with E-state index in [2.05, 4.69) is 5.32 Å². The molecule has 12 heteroatoms. The molecule has 0 radical (unpaired) electrons. The van der Waals surface area contributed by atoms with Crippen LogP contribution in [0.4, 0.5) is 4.39 Å². The van der Waals surface area contributed by atoms with E-state index in [4.69, 9.17) is 28.6 Å². The predicted octanol–water partition coefficient (Wildman–Crippen LogP) is 1.08. The zero-order valence-corrected chi connectivity index (χ0v) is 17.6. The minimum atomic E-state index is -1.00. The number of halogens is 2. The summed E-state index contributed by atoms with van der Waals surface area (Å²) in [5.41, 5.74) is -2.52. The number of amides is 1. The second-order valence-corrected chi connectivity index (χ2v) is 6.80. The number of rotatable bonds is 5. The molecule has 29 heavy (non-hydrogen) atoms. The molecule has 0 saturated carbocycles. The predicted molar refractivity (Wildman–Crippen MR) is 106 cm³/mol. The average Bonchev–Trinajstić information content (AvgIpc) is 2.66. The van der Waals surface area contributed by atoms with Crippen LogP contribution < -0.4 is 16.7 Å². The molecule has 0 aliphatic carbocycles. The summed E-state index contributed by atoms with van der Waals surface area (Å²) >= 11 is 10.9. The Bertz CT molecular complexity index is 1130. The Morgan fingerprint density at radius 2 is 1.79 bits per heavy atom. The molecular formula is C17H18ClFN4O5S. The van der Waals surface area contributed by atoms with Crippen molar-refractivity contribution in [2.45, 2.75) is 19.9 Å². The van der Waals surface area contributed by atoms with E-state index in [9.17, 15) is 23.6 Å². The molecule has 9 nitrogen and oxygen atoms in total. The van der Waals surface area contributed by atoms with Crippen molar-refractivity contribution >= 4 is 35.7 Å². The second-order valence-electron chi connectivity index (χ2n) is 6.03. The highest BCUT2D eigenvalue weighted by Crippen LogP contribution is 2.22. The molecule has 1 heterocycles. The highest BCUT2D eigenvalue weighted by atomic mass is 35.5. The maximum atomic E-state index is 14.6. The average molecular weight is 445 g/mol. The second kappa shape index (κ2) is 8.70. The van der Waals surface area contributed by atoms with E-state index in [0.29, 0.717) is 4.57 Å². The summed E-state index contributed by atoms with van der Waals surface area (Å²) in [6.07, 6.45) is 0. The van der Waals surface area contributed by atoms with Crippen molar-refractivity contribution in [3.05, 3.63) is 54.3 Å². The lowest BCUT2D eigenvalue weighted by Crippen LogP contribution is -2.44. The van der Waals surface area contributed by atoms with Gasteiger partial charge in [-0.3, -0.25) is 13.9 Å². The van der Waals surface area contributed by atoms with Crippen LogP contribution in [0.25, 0.3) is 5.69 Å². The third-order valence-corrected chi connectivity index (χ3v) is 4.90. The van der Waals surface area contributed by atoms with E-state index in [-0.39, 0.29) is 22.0 Å². The van der Waals surface area contributed by atoms with Gasteiger partial charge in [0, 0.05) is 14.1 Å². The minimum absolute atomic E-state index is 0.0631. The Kier molecular flexibility index (Phi) is 6.75. The van der Waals surface area contributed by atoms with Crippen LogP contribution in [-0.2, 0) is 23.6 Å². The van der Waals surface area contributed by atoms with Crippen molar-refractivity contribution in [1.29, 1.82) is 0 Å². The maximum absolute atomic E-state index is 14.6. The number of nitrogens with zero attached hydrogens (tertiary/aromatic N) is 3. The van der Waals surface area contributed by atoms with Crippen molar-refractivity contribution in [1.82, 2.24) is 19.0 Å². The largest absolute Gasteiger partial charge is 0.464 e. The SMILES string of the molecule is CCOC(=O)C(C)NC(=O)c1cc(-n2c(=O)n(C)c(=S)n(C)c2=O)c(F)cc1Cl. The number of carbonyl (C=O) groups is 2. The summed E-state index contributed by atoms with van der Waals surface area (Å²) < 4.78 is 21.8. The lowest BCUT2D eigenvalue weighted by atomic mass is 10.1. The fraction of sp³-hybridized carbons (Fsp3) is 0.353. The third-order valence-electron chi connectivity index (χ3n) is 4.04. The van der Waals surface area contributed by atoms with E-state index >= 15 is 0 Å². The molecule has 2 aromatic rings. The van der Waals surface area contributed by atoms with Gasteiger partial charge in [0.05, 0.1) is 22.9 Å². The van der Waals surface area contributed by atoms with E-state index in [1.54, 1.807) is 6.92 Å². The summed E-state index contributed by atoms with van der Waals surface area (Å²) in [7, 11) is 2.64. The monoisotopic (exact) mass is 444 g/mol. The number of ether oxygens (including phenoxy) is 1. The number of nitrogens with one attached hydrogen (secondary N) is 1. The third kappa shape index (κ3) is 4.30. The van der Waals surface area contributed by atoms with Crippen molar-refractivity contribution in [3.8, 4) is 5.69 Å². The van der Waals surface area contributed by atoms with E-state index in [1.807, 2.05) is 0 Å². The first-order valence-electron chi connectivity index (χ1n) is 8.37. The Morgan fingerprint density at radius 3 is 2.31 bits per heavy atom. The lowest BCUT2D eigenvalue weighted by molar-refractivity contribution is -0.144. The molecule has 0 saturated heterocycles. The quantitative estimate of drug-likeness (QED) is 0.546. The molecule has 1 amide bonds. The first kappa shape index (κ1) is 22.5. The van der Waals surface area contributed by atoms with Gasteiger partial charge in [-0.15, -0.1) is 0 Å². The molecule has 1 unspecified atom stereocenters. The first-order valence-corrected chi connectivity index (χ1v) is 9.15. The standard InChI is InChI=1S/C17H18ClFN4O5S/c1-5-28-14(25)8(2)20-13(24)9-6-12(11(19)7-10(9)18)23-15(26)21(3)17(29)22(4)16(23)27/h6-8H,5H2,1-4H3,(H,20,24). The summed E-state index contributed by atoms with van der Waals surface area (Å²) in [6.45, 7) is 3.14. The fourth-order valence-electron chi connectivity index (χ4n) is 2.46. The van der Waals surface area contributed by atoms with Gasteiger partial charge in [0.2, 0.25) is 0 Å². The lowest BCUT2D eigenvalue weighted by Gasteiger charge is -2.15. The van der Waals surface area contributed by atoms with Gasteiger partial charge >= 0.3 is 17.3 Å². The van der Waals surface area contributed by atoms with Gasteiger partial charge in [0.1, 0.15) is 11.9 Å². The number of esters is 1. The fourth-order valence-corrected chi connectivity index (χ4v) is 2.85. The molecule has 156 valence electrons. The van der Waals surface area contributed by atoms with Crippen LogP contribution in [-0.4, -0.2) is 38.2 Å². The Balaban J connectivity index is 2.61. The topological polar surface area (TPSA) is 104 Å². The molecule has 1 N–H and O–H groups in total.